The van der Waals surface area contributed by atoms with Gasteiger partial charge in [-0.2, -0.15) is 0 Å². The molecule has 0 radical (unpaired) electrons. The average Bonchev–Trinajstić information content (AvgIpc) is 3.37. The zero-order chi connectivity index (χ0) is 23.0. The summed E-state index contributed by atoms with van der Waals surface area (Å²) in [6, 6.07) is 20.3. The van der Waals surface area contributed by atoms with Gasteiger partial charge < -0.3 is 4.90 Å². The summed E-state index contributed by atoms with van der Waals surface area (Å²) in [6.45, 7) is 0.519. The number of amides is 1. The van der Waals surface area contributed by atoms with Crippen LogP contribution in [0.5, 0.6) is 0 Å². The first-order valence-electron chi connectivity index (χ1n) is 12.3. The van der Waals surface area contributed by atoms with Crippen LogP contribution in [0.1, 0.15) is 68.4 Å². The van der Waals surface area contributed by atoms with Crippen LogP contribution in [0.15, 0.2) is 60.7 Å². The van der Waals surface area contributed by atoms with Crippen LogP contribution in [0.3, 0.4) is 0 Å². The summed E-state index contributed by atoms with van der Waals surface area (Å²) in [5, 5.41) is 0.0252. The van der Waals surface area contributed by atoms with Crippen LogP contribution in [0.2, 0.25) is 0 Å². The first kappa shape index (κ1) is 23.7. The Balaban J connectivity index is 1.36. The van der Waals surface area contributed by atoms with Gasteiger partial charge in [-0.15, -0.1) is 0 Å². The maximum atomic E-state index is 13.1. The zero-order valence-corrected chi connectivity index (χ0v) is 20.0. The van der Waals surface area contributed by atoms with E-state index in [1.807, 2.05) is 12.1 Å². The molecule has 5 heteroatoms. The van der Waals surface area contributed by atoms with Gasteiger partial charge in [-0.1, -0.05) is 91.7 Å². The minimum Gasteiger partial charge on any atom is -0.325 e. The van der Waals surface area contributed by atoms with Crippen molar-refractivity contribution in [2.24, 2.45) is 5.92 Å². The fourth-order valence-corrected chi connectivity index (χ4v) is 6.20. The number of rotatable bonds is 8. The second-order valence-corrected chi connectivity index (χ2v) is 10.3. The standard InChI is InChI=1S/C28H33NO3S/c30-26(23-15-8-3-9-16-23)27(31)29-19-10-17-25(29)28(32)33-20-18-24(21-11-4-1-5-12-21)22-13-6-2-7-14-22/h1-2,4-7,11-14,23-25H,3,8-10,15-20H2/t25-/m0/s1. The summed E-state index contributed by atoms with van der Waals surface area (Å²) in [7, 11) is 0. The van der Waals surface area contributed by atoms with Crippen molar-refractivity contribution in [1.82, 2.24) is 4.90 Å². The molecular weight excluding hydrogens is 430 g/mol. The molecule has 1 amide bonds. The Morgan fingerprint density at radius 1 is 0.818 bits per heavy atom. The van der Waals surface area contributed by atoms with Crippen LogP contribution in [0, 0.1) is 5.92 Å². The Hall–Kier alpha value is -2.40. The van der Waals surface area contributed by atoms with Gasteiger partial charge in [0.1, 0.15) is 6.04 Å². The number of hydrogen-bond donors (Lipinski definition) is 0. The minimum absolute atomic E-state index is 0.0252. The molecule has 0 aromatic heterocycles. The molecule has 33 heavy (non-hydrogen) atoms. The van der Waals surface area contributed by atoms with Crippen molar-refractivity contribution in [2.45, 2.75) is 63.3 Å². The normalized spacial score (nSPS) is 19.1. The molecule has 1 heterocycles. The van der Waals surface area contributed by atoms with Crippen molar-refractivity contribution in [3.8, 4) is 0 Å². The minimum atomic E-state index is -0.457. The largest absolute Gasteiger partial charge is 0.325 e. The van der Waals surface area contributed by atoms with E-state index in [1.54, 1.807) is 4.90 Å². The first-order valence-corrected chi connectivity index (χ1v) is 13.2. The lowest BCUT2D eigenvalue weighted by molar-refractivity contribution is -0.148. The number of carbonyl (C=O) groups is 3. The quantitative estimate of drug-likeness (QED) is 0.478. The summed E-state index contributed by atoms with van der Waals surface area (Å²) >= 11 is 1.32. The molecule has 1 aliphatic carbocycles. The number of carbonyl (C=O) groups excluding carboxylic acids is 3. The lowest BCUT2D eigenvalue weighted by Crippen LogP contribution is -2.45. The van der Waals surface area contributed by atoms with Crippen molar-refractivity contribution >= 4 is 28.6 Å². The number of benzene rings is 2. The lowest BCUT2D eigenvalue weighted by atomic mass is 9.86. The van der Waals surface area contributed by atoms with Crippen molar-refractivity contribution < 1.29 is 14.4 Å². The van der Waals surface area contributed by atoms with Gasteiger partial charge in [0.15, 0.2) is 0 Å². The summed E-state index contributed by atoms with van der Waals surface area (Å²) in [5.41, 5.74) is 2.49. The third-order valence-corrected chi connectivity index (χ3v) is 8.02. The Kier molecular flexibility index (Phi) is 8.38. The number of hydrogen-bond acceptors (Lipinski definition) is 4. The molecule has 4 nitrogen and oxygen atoms in total. The Morgan fingerprint density at radius 3 is 2.03 bits per heavy atom. The molecule has 174 valence electrons. The van der Waals surface area contributed by atoms with Gasteiger partial charge in [-0.3, -0.25) is 14.4 Å². The number of Topliss-reactive ketones (excluding diaryl/α,β-unsaturated/α-hetero) is 1. The smallest absolute Gasteiger partial charge is 0.290 e. The van der Waals surface area contributed by atoms with Gasteiger partial charge in [0, 0.05) is 24.1 Å². The number of likely N-dealkylation sites (tertiary alicyclic amines) is 1. The Labute approximate surface area is 201 Å². The van der Waals surface area contributed by atoms with Crippen LogP contribution in [-0.2, 0) is 14.4 Å². The molecule has 2 fully saturated rings. The molecule has 0 spiro atoms. The van der Waals surface area contributed by atoms with E-state index < -0.39 is 11.9 Å². The second-order valence-electron chi connectivity index (χ2n) is 9.19. The van der Waals surface area contributed by atoms with Crippen molar-refractivity contribution in [3.63, 3.8) is 0 Å². The Morgan fingerprint density at radius 2 is 1.42 bits per heavy atom. The van der Waals surface area contributed by atoms with Crippen LogP contribution >= 0.6 is 11.8 Å². The number of nitrogens with zero attached hydrogens (tertiary/aromatic N) is 1. The third kappa shape index (κ3) is 5.94. The molecular formula is C28H33NO3S. The van der Waals surface area contributed by atoms with Gasteiger partial charge in [-0.05, 0) is 43.2 Å². The van der Waals surface area contributed by atoms with E-state index in [0.29, 0.717) is 18.7 Å². The molecule has 1 saturated heterocycles. The highest BCUT2D eigenvalue weighted by Gasteiger charge is 2.39. The highest BCUT2D eigenvalue weighted by Crippen LogP contribution is 2.31. The van der Waals surface area contributed by atoms with Crippen LogP contribution in [0.25, 0.3) is 0 Å². The first-order chi connectivity index (χ1) is 16.1. The van der Waals surface area contributed by atoms with Crippen LogP contribution < -0.4 is 0 Å². The molecule has 2 aromatic rings. The van der Waals surface area contributed by atoms with Crippen LogP contribution in [0.4, 0.5) is 0 Å². The predicted octanol–water partition coefficient (Wildman–Crippen LogP) is 5.61. The summed E-state index contributed by atoms with van der Waals surface area (Å²) < 4.78 is 0. The van der Waals surface area contributed by atoms with Crippen molar-refractivity contribution in [2.75, 3.05) is 12.3 Å². The lowest BCUT2D eigenvalue weighted by Gasteiger charge is -2.26. The second kappa shape index (κ2) is 11.6. The van der Waals surface area contributed by atoms with Gasteiger partial charge in [0.25, 0.3) is 5.91 Å². The topological polar surface area (TPSA) is 54.5 Å². The molecule has 0 unspecified atom stereocenters. The van der Waals surface area contributed by atoms with Gasteiger partial charge in [0.05, 0.1) is 0 Å². The summed E-state index contributed by atoms with van der Waals surface area (Å²) in [5.74, 6) is 0.0645. The average molecular weight is 464 g/mol. The summed E-state index contributed by atoms with van der Waals surface area (Å²) in [4.78, 5) is 40.3. The van der Waals surface area contributed by atoms with E-state index in [9.17, 15) is 14.4 Å². The maximum absolute atomic E-state index is 13.1. The molecule has 0 bridgehead atoms. The van der Waals surface area contributed by atoms with E-state index in [4.69, 9.17) is 0 Å². The fraction of sp³-hybridized carbons (Fsp3) is 0.464. The predicted molar refractivity (Wildman–Crippen MR) is 133 cm³/mol. The van der Waals surface area contributed by atoms with Gasteiger partial charge >= 0.3 is 0 Å². The maximum Gasteiger partial charge on any atom is 0.290 e. The SMILES string of the molecule is O=C(C(=O)N1CCC[C@H]1C(=O)SCCC(c1ccccc1)c1ccccc1)C1CCCCC1. The van der Waals surface area contributed by atoms with E-state index in [-0.39, 0.29) is 22.7 Å². The highest BCUT2D eigenvalue weighted by molar-refractivity contribution is 8.13. The van der Waals surface area contributed by atoms with Crippen molar-refractivity contribution in [1.29, 1.82) is 0 Å². The van der Waals surface area contributed by atoms with E-state index in [1.165, 1.54) is 22.9 Å². The molecule has 0 N–H and O–H groups in total. The van der Waals surface area contributed by atoms with E-state index >= 15 is 0 Å². The van der Waals surface area contributed by atoms with E-state index in [0.717, 1.165) is 44.9 Å². The molecule has 2 aliphatic rings. The van der Waals surface area contributed by atoms with Crippen molar-refractivity contribution in [3.05, 3.63) is 71.8 Å². The van der Waals surface area contributed by atoms with E-state index in [2.05, 4.69) is 48.5 Å². The molecule has 1 saturated carbocycles. The number of thioether (sulfide) groups is 1. The highest BCUT2D eigenvalue weighted by atomic mass is 32.2. The molecule has 1 atom stereocenters. The molecule has 2 aromatic carbocycles. The Bertz CT molecular complexity index is 901. The van der Waals surface area contributed by atoms with Gasteiger partial charge in [-0.25, -0.2) is 0 Å². The molecule has 4 rings (SSSR count). The molecule has 1 aliphatic heterocycles. The zero-order valence-electron chi connectivity index (χ0n) is 19.2. The number of ketones is 1. The monoisotopic (exact) mass is 463 g/mol. The van der Waals surface area contributed by atoms with Gasteiger partial charge in [0.2, 0.25) is 10.9 Å². The van der Waals surface area contributed by atoms with Crippen LogP contribution in [-0.4, -0.2) is 40.0 Å². The fourth-order valence-electron chi connectivity index (χ4n) is 5.21. The summed E-state index contributed by atoms with van der Waals surface area (Å²) in [6.07, 6.45) is 7.10. The third-order valence-electron chi connectivity index (χ3n) is 7.03.